The van der Waals surface area contributed by atoms with Crippen LogP contribution in [0.5, 0.6) is 11.5 Å². The van der Waals surface area contributed by atoms with Gasteiger partial charge in [-0.1, -0.05) is 13.3 Å². The van der Waals surface area contributed by atoms with Gasteiger partial charge in [-0.15, -0.1) is 0 Å². The first kappa shape index (κ1) is 20.2. The minimum atomic E-state index is -0.579. The SMILES string of the molecule is CCCCOc1ccc(/C=N/NC(=O)c2cc(C)[nH]c(=O)n2)cc1OCC. The van der Waals surface area contributed by atoms with Gasteiger partial charge in [0.1, 0.15) is 5.69 Å². The molecule has 2 aromatic rings. The molecular weight excluding hydrogens is 348 g/mol. The molecular formula is C19H24N4O4. The van der Waals surface area contributed by atoms with E-state index >= 15 is 0 Å². The molecule has 0 radical (unpaired) electrons. The van der Waals surface area contributed by atoms with Crippen LogP contribution >= 0.6 is 0 Å². The molecule has 0 spiro atoms. The van der Waals surface area contributed by atoms with E-state index in [9.17, 15) is 9.59 Å². The second-order valence-corrected chi connectivity index (χ2v) is 5.79. The van der Waals surface area contributed by atoms with E-state index in [2.05, 4.69) is 27.4 Å². The molecule has 0 atom stereocenters. The van der Waals surface area contributed by atoms with E-state index in [0.29, 0.717) is 30.4 Å². The summed E-state index contributed by atoms with van der Waals surface area (Å²) in [5.41, 5.74) is 3.05. The van der Waals surface area contributed by atoms with Gasteiger partial charge in [0.2, 0.25) is 0 Å². The number of amides is 1. The molecule has 1 amide bonds. The number of ether oxygens (including phenoxy) is 2. The number of H-pyrrole nitrogens is 1. The van der Waals surface area contributed by atoms with Gasteiger partial charge < -0.3 is 14.5 Å². The highest BCUT2D eigenvalue weighted by Crippen LogP contribution is 2.28. The van der Waals surface area contributed by atoms with Crippen molar-refractivity contribution >= 4 is 12.1 Å². The van der Waals surface area contributed by atoms with E-state index in [1.165, 1.54) is 12.3 Å². The maximum absolute atomic E-state index is 12.0. The summed E-state index contributed by atoms with van der Waals surface area (Å²) in [6, 6.07) is 6.89. The van der Waals surface area contributed by atoms with E-state index in [1.54, 1.807) is 13.0 Å². The fourth-order valence-electron chi connectivity index (χ4n) is 2.24. The van der Waals surface area contributed by atoms with Crippen molar-refractivity contribution in [1.29, 1.82) is 0 Å². The van der Waals surface area contributed by atoms with Crippen LogP contribution in [0.2, 0.25) is 0 Å². The lowest BCUT2D eigenvalue weighted by molar-refractivity contribution is 0.0949. The van der Waals surface area contributed by atoms with Crippen molar-refractivity contribution in [1.82, 2.24) is 15.4 Å². The van der Waals surface area contributed by atoms with Crippen LogP contribution in [-0.4, -0.2) is 35.3 Å². The molecule has 8 heteroatoms. The monoisotopic (exact) mass is 372 g/mol. The average molecular weight is 372 g/mol. The topological polar surface area (TPSA) is 106 Å². The lowest BCUT2D eigenvalue weighted by atomic mass is 10.2. The van der Waals surface area contributed by atoms with E-state index in [1.807, 2.05) is 19.1 Å². The van der Waals surface area contributed by atoms with Gasteiger partial charge in [0.25, 0.3) is 5.91 Å². The van der Waals surface area contributed by atoms with Gasteiger partial charge in [0.15, 0.2) is 11.5 Å². The van der Waals surface area contributed by atoms with Crippen molar-refractivity contribution in [2.24, 2.45) is 5.10 Å². The largest absolute Gasteiger partial charge is 0.490 e. The zero-order valence-corrected chi connectivity index (χ0v) is 15.7. The molecule has 0 aliphatic carbocycles. The van der Waals surface area contributed by atoms with E-state index in [0.717, 1.165) is 18.4 Å². The number of carbonyl (C=O) groups excluding carboxylic acids is 1. The van der Waals surface area contributed by atoms with Gasteiger partial charge in [-0.25, -0.2) is 10.2 Å². The maximum atomic E-state index is 12.0. The van der Waals surface area contributed by atoms with Crippen molar-refractivity contribution < 1.29 is 14.3 Å². The second kappa shape index (κ2) is 10.1. The Labute approximate surface area is 157 Å². The van der Waals surface area contributed by atoms with E-state index < -0.39 is 11.6 Å². The van der Waals surface area contributed by atoms with Crippen LogP contribution in [0.25, 0.3) is 0 Å². The summed E-state index contributed by atoms with van der Waals surface area (Å²) in [6.07, 6.45) is 3.50. The Morgan fingerprint density at radius 3 is 2.78 bits per heavy atom. The third kappa shape index (κ3) is 6.25. The Balaban J connectivity index is 2.05. The number of rotatable bonds is 9. The number of hydrogen-bond acceptors (Lipinski definition) is 6. The Bertz CT molecular complexity index is 861. The quantitative estimate of drug-likeness (QED) is 0.399. The highest BCUT2D eigenvalue weighted by Gasteiger charge is 2.08. The zero-order valence-electron chi connectivity index (χ0n) is 15.7. The first-order valence-electron chi connectivity index (χ1n) is 8.84. The molecule has 0 aliphatic rings. The third-order valence-electron chi connectivity index (χ3n) is 3.51. The molecule has 8 nitrogen and oxygen atoms in total. The molecule has 1 heterocycles. The van der Waals surface area contributed by atoms with Gasteiger partial charge in [0, 0.05) is 5.69 Å². The summed E-state index contributed by atoms with van der Waals surface area (Å²) in [5, 5.41) is 3.91. The third-order valence-corrected chi connectivity index (χ3v) is 3.51. The molecule has 0 unspecified atom stereocenters. The summed E-state index contributed by atoms with van der Waals surface area (Å²) in [4.78, 5) is 29.4. The molecule has 0 saturated heterocycles. The number of aryl methyl sites for hydroxylation is 1. The van der Waals surface area contributed by atoms with Crippen molar-refractivity contribution in [2.45, 2.75) is 33.6 Å². The Morgan fingerprint density at radius 1 is 1.26 bits per heavy atom. The highest BCUT2D eigenvalue weighted by atomic mass is 16.5. The van der Waals surface area contributed by atoms with Crippen LogP contribution < -0.4 is 20.6 Å². The lowest BCUT2D eigenvalue weighted by Crippen LogP contribution is -2.24. The number of hydrogen-bond donors (Lipinski definition) is 2. The van der Waals surface area contributed by atoms with Crippen LogP contribution in [0.1, 0.15) is 48.4 Å². The molecule has 2 N–H and O–H groups in total. The van der Waals surface area contributed by atoms with Gasteiger partial charge in [-0.05, 0) is 50.1 Å². The van der Waals surface area contributed by atoms with Crippen molar-refractivity contribution in [3.8, 4) is 11.5 Å². The standard InChI is InChI=1S/C19H24N4O4/c1-4-6-9-27-16-8-7-14(11-17(16)26-5-2)12-20-23-18(24)15-10-13(3)21-19(25)22-15/h7-8,10-12H,4-6,9H2,1-3H3,(H,23,24)(H,21,22,25)/b20-12+. The van der Waals surface area contributed by atoms with Gasteiger partial charge >= 0.3 is 5.69 Å². The van der Waals surface area contributed by atoms with Crippen molar-refractivity contribution in [2.75, 3.05) is 13.2 Å². The van der Waals surface area contributed by atoms with Crippen molar-refractivity contribution in [3.63, 3.8) is 0 Å². The summed E-state index contributed by atoms with van der Waals surface area (Å²) >= 11 is 0. The number of nitrogens with one attached hydrogen (secondary N) is 2. The number of nitrogens with zero attached hydrogens (tertiary/aromatic N) is 2. The maximum Gasteiger partial charge on any atom is 0.345 e. The molecule has 1 aromatic heterocycles. The molecule has 1 aromatic carbocycles. The van der Waals surface area contributed by atoms with Crippen LogP contribution in [0.4, 0.5) is 0 Å². The van der Waals surface area contributed by atoms with Crippen LogP contribution in [-0.2, 0) is 0 Å². The predicted molar refractivity (Wildman–Crippen MR) is 103 cm³/mol. The average Bonchev–Trinajstić information content (AvgIpc) is 2.63. The van der Waals surface area contributed by atoms with Crippen molar-refractivity contribution in [3.05, 3.63) is 51.7 Å². The number of aromatic nitrogens is 2. The second-order valence-electron chi connectivity index (χ2n) is 5.79. The molecule has 0 saturated carbocycles. The number of hydrazone groups is 1. The minimum Gasteiger partial charge on any atom is -0.490 e. The van der Waals surface area contributed by atoms with E-state index in [4.69, 9.17) is 9.47 Å². The van der Waals surface area contributed by atoms with Gasteiger partial charge in [-0.3, -0.25) is 4.79 Å². The van der Waals surface area contributed by atoms with Gasteiger partial charge in [0.05, 0.1) is 19.4 Å². The van der Waals surface area contributed by atoms with Crippen LogP contribution in [0.15, 0.2) is 34.2 Å². The highest BCUT2D eigenvalue weighted by molar-refractivity contribution is 5.93. The smallest absolute Gasteiger partial charge is 0.345 e. The fraction of sp³-hybridized carbons (Fsp3) is 0.368. The number of unbranched alkanes of at least 4 members (excludes halogenated alkanes) is 1. The summed E-state index contributed by atoms with van der Waals surface area (Å²) in [6.45, 7) is 6.80. The number of benzene rings is 1. The molecule has 0 bridgehead atoms. The van der Waals surface area contributed by atoms with Crippen LogP contribution in [0, 0.1) is 6.92 Å². The molecule has 0 fully saturated rings. The number of carbonyl (C=O) groups is 1. The summed E-state index contributed by atoms with van der Waals surface area (Å²) in [7, 11) is 0. The van der Waals surface area contributed by atoms with E-state index in [-0.39, 0.29) is 5.69 Å². The Kier molecular flexibility index (Phi) is 7.54. The predicted octanol–water partition coefficient (Wildman–Crippen LogP) is 2.42. The lowest BCUT2D eigenvalue weighted by Gasteiger charge is -2.12. The molecule has 0 aliphatic heterocycles. The number of aromatic amines is 1. The van der Waals surface area contributed by atoms with Crippen LogP contribution in [0.3, 0.4) is 0 Å². The zero-order chi connectivity index (χ0) is 19.6. The van der Waals surface area contributed by atoms with Gasteiger partial charge in [-0.2, -0.15) is 10.1 Å². The first-order valence-corrected chi connectivity index (χ1v) is 8.84. The molecule has 27 heavy (non-hydrogen) atoms. The fourth-order valence-corrected chi connectivity index (χ4v) is 2.24. The first-order chi connectivity index (χ1) is 13.0. The summed E-state index contributed by atoms with van der Waals surface area (Å²) < 4.78 is 11.3. The Morgan fingerprint density at radius 2 is 2.07 bits per heavy atom. The molecule has 144 valence electrons. The Hall–Kier alpha value is -3.16. The molecule has 2 rings (SSSR count). The minimum absolute atomic E-state index is 0.00285. The summed E-state index contributed by atoms with van der Waals surface area (Å²) in [5.74, 6) is 0.732. The normalized spacial score (nSPS) is 10.8.